The van der Waals surface area contributed by atoms with Crippen molar-refractivity contribution in [1.82, 2.24) is 20.1 Å². The maximum atomic E-state index is 12.4. The summed E-state index contributed by atoms with van der Waals surface area (Å²) in [6.45, 7) is 2.34. The molecule has 4 rings (SSSR count). The lowest BCUT2D eigenvalue weighted by Crippen LogP contribution is -2.65. The number of halogens is 1. The molecule has 2 heterocycles. The van der Waals surface area contributed by atoms with Gasteiger partial charge in [-0.2, -0.15) is 0 Å². The van der Waals surface area contributed by atoms with Crippen LogP contribution in [0.2, 0.25) is 5.02 Å². The SMILES string of the molecule is CCN1C(=O)NC(=Nc2ccc(Oc3ncc(CO)s3)cc2)N(Cc2ccc(Cl)cc2)C1O. The molecule has 1 saturated heterocycles. The van der Waals surface area contributed by atoms with Crippen LogP contribution in [0.3, 0.4) is 0 Å². The van der Waals surface area contributed by atoms with Crippen molar-refractivity contribution in [2.75, 3.05) is 6.54 Å². The van der Waals surface area contributed by atoms with E-state index in [0.717, 1.165) is 5.56 Å². The van der Waals surface area contributed by atoms with Crippen LogP contribution in [0.1, 0.15) is 17.4 Å². The highest BCUT2D eigenvalue weighted by atomic mass is 35.5. The zero-order chi connectivity index (χ0) is 23.4. The quantitative estimate of drug-likeness (QED) is 0.466. The smallest absolute Gasteiger partial charge is 0.327 e. The second-order valence-electron chi connectivity index (χ2n) is 7.10. The van der Waals surface area contributed by atoms with E-state index >= 15 is 0 Å². The van der Waals surface area contributed by atoms with Gasteiger partial charge >= 0.3 is 6.03 Å². The number of hydrogen-bond donors (Lipinski definition) is 3. The Labute approximate surface area is 199 Å². The number of aliphatic hydroxyl groups excluding tert-OH is 2. The molecular weight excluding hydrogens is 466 g/mol. The molecule has 1 aliphatic rings. The van der Waals surface area contributed by atoms with Gasteiger partial charge in [-0.1, -0.05) is 35.1 Å². The van der Waals surface area contributed by atoms with E-state index < -0.39 is 12.4 Å². The first-order valence-corrected chi connectivity index (χ1v) is 11.3. The predicted molar refractivity (Wildman–Crippen MR) is 126 cm³/mol. The molecule has 1 atom stereocenters. The normalized spacial score (nSPS) is 17.4. The number of guanidine groups is 1. The van der Waals surface area contributed by atoms with Crippen LogP contribution >= 0.6 is 22.9 Å². The van der Waals surface area contributed by atoms with Gasteiger partial charge in [-0.15, -0.1) is 0 Å². The van der Waals surface area contributed by atoms with Gasteiger partial charge in [-0.25, -0.2) is 14.8 Å². The Bertz CT molecular complexity index is 1140. The summed E-state index contributed by atoms with van der Waals surface area (Å²) in [4.78, 5) is 24.7. The summed E-state index contributed by atoms with van der Waals surface area (Å²) in [5.41, 5.74) is 1.46. The number of amides is 2. The van der Waals surface area contributed by atoms with Gasteiger partial charge in [-0.3, -0.25) is 15.1 Å². The molecule has 2 amide bonds. The highest BCUT2D eigenvalue weighted by Crippen LogP contribution is 2.28. The fraction of sp³-hybridized carbons (Fsp3) is 0.227. The van der Waals surface area contributed by atoms with E-state index in [9.17, 15) is 9.90 Å². The number of benzene rings is 2. The molecule has 9 nitrogen and oxygen atoms in total. The van der Waals surface area contributed by atoms with Crippen molar-refractivity contribution >= 4 is 40.6 Å². The number of thiazole rings is 1. The van der Waals surface area contributed by atoms with Gasteiger partial charge in [-0.05, 0) is 48.9 Å². The van der Waals surface area contributed by atoms with Crippen molar-refractivity contribution in [3.8, 4) is 10.9 Å². The fourth-order valence-corrected chi connectivity index (χ4v) is 3.95. The molecule has 0 bridgehead atoms. The van der Waals surface area contributed by atoms with Crippen molar-refractivity contribution in [3.05, 3.63) is 70.2 Å². The fourth-order valence-electron chi connectivity index (χ4n) is 3.19. The van der Waals surface area contributed by atoms with Gasteiger partial charge in [0, 0.05) is 17.8 Å². The maximum Gasteiger partial charge on any atom is 0.327 e. The van der Waals surface area contributed by atoms with E-state index in [4.69, 9.17) is 21.4 Å². The number of aliphatic imine (C=N–C) groups is 1. The number of carbonyl (C=O) groups excluding carboxylic acids is 1. The summed E-state index contributed by atoms with van der Waals surface area (Å²) in [6.07, 6.45) is 0.387. The second kappa shape index (κ2) is 10.2. The van der Waals surface area contributed by atoms with Crippen LogP contribution in [0.5, 0.6) is 10.9 Å². The van der Waals surface area contributed by atoms with E-state index in [1.165, 1.54) is 16.2 Å². The number of nitrogens with one attached hydrogen (secondary N) is 1. The predicted octanol–water partition coefficient (Wildman–Crippen LogP) is 3.89. The maximum absolute atomic E-state index is 12.4. The average molecular weight is 488 g/mol. The standard InChI is InChI=1S/C22H22ClN5O4S/c1-2-27-20(30)26-19(28(22(27)31)12-14-3-5-15(23)6-4-14)25-16-7-9-17(10-8-16)32-21-24-11-18(13-29)33-21/h3-11,22,29,31H,2,12-13H2,1H3,(H,25,26,30). The minimum Gasteiger partial charge on any atom is -0.431 e. The Kier molecular flexibility index (Phi) is 7.09. The monoisotopic (exact) mass is 487 g/mol. The average Bonchev–Trinajstić information content (AvgIpc) is 3.27. The van der Waals surface area contributed by atoms with Crippen molar-refractivity contribution < 1.29 is 19.7 Å². The molecule has 1 aromatic heterocycles. The van der Waals surface area contributed by atoms with E-state index in [2.05, 4.69) is 15.3 Å². The summed E-state index contributed by atoms with van der Waals surface area (Å²) < 4.78 is 5.69. The van der Waals surface area contributed by atoms with Crippen LogP contribution in [-0.4, -0.2) is 49.9 Å². The molecule has 1 fully saturated rings. The van der Waals surface area contributed by atoms with Crippen molar-refractivity contribution in [1.29, 1.82) is 0 Å². The van der Waals surface area contributed by atoms with Gasteiger partial charge in [0.2, 0.25) is 12.3 Å². The first-order valence-electron chi connectivity index (χ1n) is 10.2. The number of urea groups is 1. The number of carbonyl (C=O) groups is 1. The molecule has 1 aliphatic heterocycles. The minimum atomic E-state index is -1.17. The third-order valence-corrected chi connectivity index (χ3v) is 5.99. The molecule has 3 aromatic rings. The lowest BCUT2D eigenvalue weighted by molar-refractivity contribution is -0.0670. The highest BCUT2D eigenvalue weighted by molar-refractivity contribution is 7.13. The largest absolute Gasteiger partial charge is 0.431 e. The van der Waals surface area contributed by atoms with Crippen molar-refractivity contribution in [2.24, 2.45) is 4.99 Å². The van der Waals surface area contributed by atoms with Crippen LogP contribution in [-0.2, 0) is 13.2 Å². The molecule has 11 heteroatoms. The van der Waals surface area contributed by atoms with Gasteiger partial charge in [0.05, 0.1) is 23.7 Å². The lowest BCUT2D eigenvalue weighted by atomic mass is 10.2. The first-order chi connectivity index (χ1) is 16.0. The second-order valence-corrected chi connectivity index (χ2v) is 8.61. The summed E-state index contributed by atoms with van der Waals surface area (Å²) in [6, 6.07) is 13.7. The van der Waals surface area contributed by atoms with Crippen LogP contribution in [0, 0.1) is 0 Å². The molecule has 0 aliphatic carbocycles. The van der Waals surface area contributed by atoms with E-state index in [1.807, 2.05) is 12.1 Å². The molecule has 172 valence electrons. The first kappa shape index (κ1) is 23.0. The number of nitrogens with zero attached hydrogens (tertiary/aromatic N) is 4. The zero-order valence-electron chi connectivity index (χ0n) is 17.7. The van der Waals surface area contributed by atoms with Crippen molar-refractivity contribution in [3.63, 3.8) is 0 Å². The molecule has 2 aromatic carbocycles. The Hall–Kier alpha value is -3.18. The van der Waals surface area contributed by atoms with Crippen LogP contribution in [0.4, 0.5) is 10.5 Å². The van der Waals surface area contributed by atoms with Gasteiger partial charge in [0.15, 0.2) is 0 Å². The lowest BCUT2D eigenvalue weighted by Gasteiger charge is -2.41. The summed E-state index contributed by atoms with van der Waals surface area (Å²) in [5.74, 6) is 0.786. The number of hydrogen-bond acceptors (Lipinski definition) is 7. The summed E-state index contributed by atoms with van der Waals surface area (Å²) in [7, 11) is 0. The van der Waals surface area contributed by atoms with Gasteiger partial charge < -0.3 is 14.9 Å². The molecule has 0 spiro atoms. The number of aromatic nitrogens is 1. The van der Waals surface area contributed by atoms with Gasteiger partial charge in [0.25, 0.3) is 5.19 Å². The van der Waals surface area contributed by atoms with E-state index in [-0.39, 0.29) is 12.6 Å². The van der Waals surface area contributed by atoms with Crippen LogP contribution < -0.4 is 10.1 Å². The highest BCUT2D eigenvalue weighted by Gasteiger charge is 2.35. The number of rotatable bonds is 7. The van der Waals surface area contributed by atoms with E-state index in [0.29, 0.717) is 39.6 Å². The van der Waals surface area contributed by atoms with Crippen LogP contribution in [0.25, 0.3) is 0 Å². The molecule has 0 saturated carbocycles. The molecular formula is C22H22ClN5O4S. The number of aliphatic hydroxyl groups is 2. The molecule has 0 radical (unpaired) electrons. The van der Waals surface area contributed by atoms with E-state index in [1.54, 1.807) is 54.4 Å². The van der Waals surface area contributed by atoms with Crippen molar-refractivity contribution in [2.45, 2.75) is 26.4 Å². The zero-order valence-corrected chi connectivity index (χ0v) is 19.3. The topological polar surface area (TPSA) is 111 Å². The van der Waals surface area contributed by atoms with Crippen LogP contribution in [0.15, 0.2) is 59.7 Å². The Morgan fingerprint density at radius 3 is 2.55 bits per heavy atom. The van der Waals surface area contributed by atoms with Gasteiger partial charge in [0.1, 0.15) is 5.75 Å². The minimum absolute atomic E-state index is 0.0863. The third-order valence-electron chi connectivity index (χ3n) is 4.88. The third kappa shape index (κ3) is 5.42. The molecule has 3 N–H and O–H groups in total. The Morgan fingerprint density at radius 2 is 1.91 bits per heavy atom. The number of ether oxygens (including phenoxy) is 1. The Balaban J connectivity index is 1.56. The Morgan fingerprint density at radius 1 is 1.18 bits per heavy atom. The molecule has 1 unspecified atom stereocenters. The summed E-state index contributed by atoms with van der Waals surface area (Å²) in [5, 5.41) is 23.8. The summed E-state index contributed by atoms with van der Waals surface area (Å²) >= 11 is 7.24. The molecule has 33 heavy (non-hydrogen) atoms.